The molecule has 0 aromatic carbocycles. The van der Waals surface area contributed by atoms with Gasteiger partial charge in [0.15, 0.2) is 5.03 Å². The molecule has 0 bridgehead atoms. The minimum Gasteiger partial charge on any atom is -0.361 e. The summed E-state index contributed by atoms with van der Waals surface area (Å²) in [6.07, 6.45) is 0. The lowest BCUT2D eigenvalue weighted by Crippen LogP contribution is -2.39. The number of nitrogens with zero attached hydrogens (tertiary/aromatic N) is 1. The fourth-order valence-corrected chi connectivity index (χ4v) is 0.138. The monoisotopic (exact) mass is 133 g/mol. The Labute approximate surface area is 48.9 Å². The first-order valence-corrected chi connectivity index (χ1v) is 1.79. The molecule has 0 heterocycles. The lowest BCUT2D eigenvalue weighted by atomic mass is 10.6. The number of amides is 2. The summed E-state index contributed by atoms with van der Waals surface area (Å²) in [5, 5.41) is 8.22. The number of nitro groups is 1. The van der Waals surface area contributed by atoms with Gasteiger partial charge in [0.25, 0.3) is 0 Å². The highest BCUT2D eigenvalue weighted by Gasteiger charge is 2.12. The standard InChI is InChI=1S/C2H3N3O4/c3-1(6)2(7)4-5(8)9/h(H2,3,6)(H,4,7). The van der Waals surface area contributed by atoms with Gasteiger partial charge in [-0.3, -0.25) is 9.59 Å². The summed E-state index contributed by atoms with van der Waals surface area (Å²) in [5.74, 6) is -2.81. The zero-order valence-electron chi connectivity index (χ0n) is 4.16. The molecule has 0 spiro atoms. The average molecular weight is 133 g/mol. The van der Waals surface area contributed by atoms with E-state index >= 15 is 0 Å². The van der Waals surface area contributed by atoms with Crippen LogP contribution in [0, 0.1) is 10.1 Å². The number of primary amides is 1. The van der Waals surface area contributed by atoms with E-state index in [0.717, 1.165) is 5.43 Å². The van der Waals surface area contributed by atoms with Crippen molar-refractivity contribution in [1.29, 1.82) is 0 Å². The van der Waals surface area contributed by atoms with Gasteiger partial charge in [0.1, 0.15) is 0 Å². The van der Waals surface area contributed by atoms with Gasteiger partial charge in [-0.25, -0.2) is 10.1 Å². The van der Waals surface area contributed by atoms with Crippen LogP contribution in [0.1, 0.15) is 0 Å². The van der Waals surface area contributed by atoms with Crippen LogP contribution >= 0.6 is 0 Å². The van der Waals surface area contributed by atoms with Crippen LogP contribution in [0.2, 0.25) is 0 Å². The molecule has 2 amide bonds. The third-order valence-electron chi connectivity index (χ3n) is 0.417. The minimum absolute atomic E-state index is 1.05. The van der Waals surface area contributed by atoms with Crippen LogP contribution in [0.5, 0.6) is 0 Å². The number of nitrogens with two attached hydrogens (primary N) is 1. The van der Waals surface area contributed by atoms with Crippen LogP contribution < -0.4 is 11.2 Å². The van der Waals surface area contributed by atoms with Gasteiger partial charge in [-0.2, -0.15) is 0 Å². The summed E-state index contributed by atoms with van der Waals surface area (Å²) >= 11 is 0. The van der Waals surface area contributed by atoms with Gasteiger partial charge in [0.2, 0.25) is 0 Å². The molecule has 0 saturated heterocycles. The Kier molecular flexibility index (Phi) is 2.12. The van der Waals surface area contributed by atoms with Crippen molar-refractivity contribution in [1.82, 2.24) is 5.43 Å². The second-order valence-electron chi connectivity index (χ2n) is 1.06. The van der Waals surface area contributed by atoms with E-state index < -0.39 is 16.8 Å². The second kappa shape index (κ2) is 2.60. The smallest absolute Gasteiger partial charge is 0.361 e. The number of hydrogen-bond donors (Lipinski definition) is 2. The largest absolute Gasteiger partial charge is 0.367 e. The molecule has 7 nitrogen and oxygen atoms in total. The van der Waals surface area contributed by atoms with Gasteiger partial charge in [0.05, 0.1) is 0 Å². The van der Waals surface area contributed by atoms with Crippen LogP contribution in [0.3, 0.4) is 0 Å². The van der Waals surface area contributed by atoms with E-state index in [9.17, 15) is 19.7 Å². The van der Waals surface area contributed by atoms with E-state index in [-0.39, 0.29) is 0 Å². The van der Waals surface area contributed by atoms with Crippen LogP contribution in [0.25, 0.3) is 0 Å². The van der Waals surface area contributed by atoms with Gasteiger partial charge in [0, 0.05) is 0 Å². The molecule has 0 aromatic rings. The Morgan fingerprint density at radius 3 is 2.11 bits per heavy atom. The molecule has 3 N–H and O–H groups in total. The Bertz CT molecular complexity index is 163. The third-order valence-corrected chi connectivity index (χ3v) is 0.417. The molecule has 50 valence electrons. The van der Waals surface area contributed by atoms with Crippen LogP contribution in [0.15, 0.2) is 0 Å². The van der Waals surface area contributed by atoms with Crippen molar-refractivity contribution in [2.75, 3.05) is 0 Å². The first-order valence-electron chi connectivity index (χ1n) is 1.79. The lowest BCUT2D eigenvalue weighted by molar-refractivity contribution is -0.529. The summed E-state index contributed by atoms with van der Waals surface area (Å²) in [5.41, 5.74) is 5.38. The van der Waals surface area contributed by atoms with Crippen LogP contribution in [0.4, 0.5) is 0 Å². The van der Waals surface area contributed by atoms with E-state index in [2.05, 4.69) is 5.73 Å². The van der Waals surface area contributed by atoms with Gasteiger partial charge in [-0.05, 0) is 0 Å². The Morgan fingerprint density at radius 2 is 2.00 bits per heavy atom. The molecule has 0 unspecified atom stereocenters. The molecule has 9 heavy (non-hydrogen) atoms. The highest BCUT2D eigenvalue weighted by molar-refractivity contribution is 6.34. The quantitative estimate of drug-likeness (QED) is 0.239. The maximum absolute atomic E-state index is 9.93. The maximum atomic E-state index is 9.93. The lowest BCUT2D eigenvalue weighted by Gasteiger charge is -1.87. The van der Waals surface area contributed by atoms with Crippen molar-refractivity contribution in [3.05, 3.63) is 10.1 Å². The van der Waals surface area contributed by atoms with E-state index in [0.29, 0.717) is 0 Å². The summed E-state index contributed by atoms with van der Waals surface area (Å²) in [6, 6.07) is 0. The molecular weight excluding hydrogens is 130 g/mol. The van der Waals surface area contributed by atoms with Crippen molar-refractivity contribution >= 4 is 11.8 Å². The SMILES string of the molecule is NC(=O)C(=O)N[N+](=O)[O-]. The number of hydrogen-bond acceptors (Lipinski definition) is 4. The molecule has 0 aromatic heterocycles. The molecule has 0 aliphatic rings. The number of rotatable bonds is 1. The summed E-state index contributed by atoms with van der Waals surface area (Å²) in [7, 11) is 0. The summed E-state index contributed by atoms with van der Waals surface area (Å²) in [6.45, 7) is 0. The van der Waals surface area contributed by atoms with Gasteiger partial charge < -0.3 is 5.73 Å². The second-order valence-corrected chi connectivity index (χ2v) is 1.06. The fraction of sp³-hybridized carbons (Fsp3) is 0. The van der Waals surface area contributed by atoms with Crippen molar-refractivity contribution in [2.24, 2.45) is 5.73 Å². The van der Waals surface area contributed by atoms with Crippen LogP contribution in [-0.2, 0) is 9.59 Å². The predicted molar refractivity (Wildman–Crippen MR) is 24.3 cm³/mol. The van der Waals surface area contributed by atoms with Crippen molar-refractivity contribution in [2.45, 2.75) is 0 Å². The number of hydrazine groups is 1. The number of carbonyl (C=O) groups is 2. The zero-order chi connectivity index (χ0) is 7.44. The third kappa shape index (κ3) is 2.97. The molecule has 0 atom stereocenters. The van der Waals surface area contributed by atoms with Crippen molar-refractivity contribution in [3.63, 3.8) is 0 Å². The highest BCUT2D eigenvalue weighted by atomic mass is 16.7. The highest BCUT2D eigenvalue weighted by Crippen LogP contribution is 1.61. The molecular formula is C2H3N3O4. The first-order chi connectivity index (χ1) is 4.04. The maximum Gasteiger partial charge on any atom is 0.367 e. The van der Waals surface area contributed by atoms with Gasteiger partial charge >= 0.3 is 11.8 Å². The molecule has 0 saturated carbocycles. The normalized spacial score (nSPS) is 8.00. The van der Waals surface area contributed by atoms with E-state index in [1.54, 1.807) is 0 Å². The molecule has 0 rings (SSSR count). The Balaban J connectivity index is 3.79. The number of nitrogens with one attached hydrogen (secondary N) is 1. The van der Waals surface area contributed by atoms with Gasteiger partial charge in [-0.1, -0.05) is 5.43 Å². The first kappa shape index (κ1) is 7.34. The number of carbonyl (C=O) groups excluding carboxylic acids is 2. The van der Waals surface area contributed by atoms with E-state index in [1.807, 2.05) is 0 Å². The Hall–Kier alpha value is -1.66. The predicted octanol–water partition coefficient (Wildman–Crippen LogP) is -2.22. The minimum atomic E-state index is -1.43. The van der Waals surface area contributed by atoms with Crippen molar-refractivity contribution in [3.8, 4) is 0 Å². The fourth-order valence-electron chi connectivity index (χ4n) is 0.138. The molecule has 7 heteroatoms. The van der Waals surface area contributed by atoms with Gasteiger partial charge in [-0.15, -0.1) is 0 Å². The van der Waals surface area contributed by atoms with Crippen molar-refractivity contribution < 1.29 is 14.6 Å². The van der Waals surface area contributed by atoms with E-state index in [1.165, 1.54) is 0 Å². The molecule has 0 aliphatic heterocycles. The Morgan fingerprint density at radius 1 is 1.56 bits per heavy atom. The molecule has 0 aliphatic carbocycles. The summed E-state index contributed by atoms with van der Waals surface area (Å²) in [4.78, 5) is 29.0. The summed E-state index contributed by atoms with van der Waals surface area (Å²) < 4.78 is 0. The zero-order valence-corrected chi connectivity index (χ0v) is 4.16. The molecule has 0 radical (unpaired) electrons. The van der Waals surface area contributed by atoms with E-state index in [4.69, 9.17) is 0 Å². The topological polar surface area (TPSA) is 115 Å². The molecule has 0 fully saturated rings. The average Bonchev–Trinajstić information content (AvgIpc) is 1.63. The van der Waals surface area contributed by atoms with Crippen LogP contribution in [-0.4, -0.2) is 16.8 Å².